The van der Waals surface area contributed by atoms with E-state index in [1.807, 2.05) is 24.3 Å². The Bertz CT molecular complexity index is 642. The summed E-state index contributed by atoms with van der Waals surface area (Å²) in [4.78, 5) is 11.7. The predicted molar refractivity (Wildman–Crippen MR) is 89.4 cm³/mol. The van der Waals surface area contributed by atoms with Crippen LogP contribution in [0.2, 0.25) is 0 Å². The van der Waals surface area contributed by atoms with Crippen LogP contribution >= 0.6 is 0 Å². The Labute approximate surface area is 135 Å². The van der Waals surface area contributed by atoms with Crippen molar-refractivity contribution in [3.05, 3.63) is 59.9 Å². The molecular formula is C18H21FN2O2. The summed E-state index contributed by atoms with van der Waals surface area (Å²) >= 11 is 0. The van der Waals surface area contributed by atoms with E-state index in [9.17, 15) is 9.18 Å². The van der Waals surface area contributed by atoms with Gasteiger partial charge in [0, 0.05) is 0 Å². The first-order valence-electron chi connectivity index (χ1n) is 7.58. The number of anilines is 1. The SMILES string of the molecule is CC(C)c1ccc(OCCNC(=O)Nc2ccccc2F)cc1. The summed E-state index contributed by atoms with van der Waals surface area (Å²) < 4.78 is 18.9. The Morgan fingerprint density at radius 1 is 1.13 bits per heavy atom. The zero-order valence-corrected chi connectivity index (χ0v) is 13.3. The molecule has 0 radical (unpaired) electrons. The van der Waals surface area contributed by atoms with Crippen molar-refractivity contribution in [2.45, 2.75) is 19.8 Å². The minimum Gasteiger partial charge on any atom is -0.492 e. The van der Waals surface area contributed by atoms with Crippen LogP contribution in [0, 0.1) is 5.82 Å². The lowest BCUT2D eigenvalue weighted by molar-refractivity contribution is 0.247. The van der Waals surface area contributed by atoms with Gasteiger partial charge < -0.3 is 15.4 Å². The topological polar surface area (TPSA) is 50.4 Å². The minimum atomic E-state index is -0.468. The molecule has 0 aliphatic carbocycles. The maximum Gasteiger partial charge on any atom is 0.319 e. The third kappa shape index (κ3) is 5.29. The van der Waals surface area contributed by atoms with E-state index >= 15 is 0 Å². The molecule has 23 heavy (non-hydrogen) atoms. The fraction of sp³-hybridized carbons (Fsp3) is 0.278. The number of urea groups is 1. The smallest absolute Gasteiger partial charge is 0.319 e. The van der Waals surface area contributed by atoms with E-state index in [1.165, 1.54) is 17.7 Å². The highest BCUT2D eigenvalue weighted by Gasteiger charge is 2.05. The van der Waals surface area contributed by atoms with Gasteiger partial charge in [0.05, 0.1) is 12.2 Å². The van der Waals surface area contributed by atoms with E-state index in [0.29, 0.717) is 19.1 Å². The molecule has 0 spiro atoms. The normalized spacial score (nSPS) is 10.4. The first-order chi connectivity index (χ1) is 11.1. The van der Waals surface area contributed by atoms with Crippen molar-refractivity contribution in [3.63, 3.8) is 0 Å². The Morgan fingerprint density at radius 2 is 1.83 bits per heavy atom. The summed E-state index contributed by atoms with van der Waals surface area (Å²) in [6.07, 6.45) is 0. The summed E-state index contributed by atoms with van der Waals surface area (Å²) in [6.45, 7) is 4.93. The van der Waals surface area contributed by atoms with Gasteiger partial charge in [-0.2, -0.15) is 0 Å². The second-order valence-electron chi connectivity index (χ2n) is 5.43. The molecule has 2 amide bonds. The minimum absolute atomic E-state index is 0.148. The van der Waals surface area contributed by atoms with E-state index in [2.05, 4.69) is 24.5 Å². The van der Waals surface area contributed by atoms with Gasteiger partial charge in [0.2, 0.25) is 0 Å². The second kappa shape index (κ2) is 8.17. The molecule has 2 aromatic rings. The summed E-state index contributed by atoms with van der Waals surface area (Å²) in [5.74, 6) is 0.766. The number of hydrogen-bond acceptors (Lipinski definition) is 2. The average Bonchev–Trinajstić information content (AvgIpc) is 2.54. The Kier molecular flexibility index (Phi) is 5.97. The molecular weight excluding hydrogens is 295 g/mol. The quantitative estimate of drug-likeness (QED) is 0.787. The molecule has 0 saturated carbocycles. The van der Waals surface area contributed by atoms with Crippen LogP contribution in [0.5, 0.6) is 5.75 Å². The summed E-state index contributed by atoms with van der Waals surface area (Å²) in [5.41, 5.74) is 1.40. The van der Waals surface area contributed by atoms with Gasteiger partial charge in [-0.3, -0.25) is 0 Å². The lowest BCUT2D eigenvalue weighted by Crippen LogP contribution is -2.32. The number of carbonyl (C=O) groups excluding carboxylic acids is 1. The lowest BCUT2D eigenvalue weighted by Gasteiger charge is -2.10. The Morgan fingerprint density at radius 3 is 2.48 bits per heavy atom. The summed E-state index contributed by atoms with van der Waals surface area (Å²) in [5, 5.41) is 5.06. The van der Waals surface area contributed by atoms with E-state index in [1.54, 1.807) is 12.1 Å². The van der Waals surface area contributed by atoms with Crippen molar-refractivity contribution in [3.8, 4) is 5.75 Å². The highest BCUT2D eigenvalue weighted by molar-refractivity contribution is 5.89. The van der Waals surface area contributed by atoms with Crippen LogP contribution in [0.25, 0.3) is 0 Å². The van der Waals surface area contributed by atoms with Crippen molar-refractivity contribution in [2.75, 3.05) is 18.5 Å². The van der Waals surface area contributed by atoms with Crippen molar-refractivity contribution in [2.24, 2.45) is 0 Å². The summed E-state index contributed by atoms with van der Waals surface area (Å²) in [7, 11) is 0. The van der Waals surface area contributed by atoms with Crippen molar-refractivity contribution >= 4 is 11.7 Å². The van der Waals surface area contributed by atoms with Crippen LogP contribution < -0.4 is 15.4 Å². The molecule has 2 N–H and O–H groups in total. The number of carbonyl (C=O) groups is 1. The molecule has 4 nitrogen and oxygen atoms in total. The third-order valence-corrected chi connectivity index (χ3v) is 3.33. The molecule has 0 unspecified atom stereocenters. The number of hydrogen-bond donors (Lipinski definition) is 2. The van der Waals surface area contributed by atoms with Crippen LogP contribution in [0.3, 0.4) is 0 Å². The number of para-hydroxylation sites is 1. The number of amides is 2. The molecule has 122 valence electrons. The zero-order chi connectivity index (χ0) is 16.7. The monoisotopic (exact) mass is 316 g/mol. The van der Waals surface area contributed by atoms with Crippen molar-refractivity contribution in [1.29, 1.82) is 0 Å². The van der Waals surface area contributed by atoms with Gasteiger partial charge in [-0.1, -0.05) is 38.1 Å². The lowest BCUT2D eigenvalue weighted by atomic mass is 10.0. The first-order valence-corrected chi connectivity index (χ1v) is 7.58. The van der Waals surface area contributed by atoms with Gasteiger partial charge in [0.15, 0.2) is 0 Å². The Balaban J connectivity index is 1.70. The van der Waals surface area contributed by atoms with Gasteiger partial charge in [-0.05, 0) is 35.7 Å². The van der Waals surface area contributed by atoms with E-state index in [-0.39, 0.29) is 5.69 Å². The van der Waals surface area contributed by atoms with Crippen molar-refractivity contribution < 1.29 is 13.9 Å². The Hall–Kier alpha value is -2.56. The average molecular weight is 316 g/mol. The fourth-order valence-corrected chi connectivity index (χ4v) is 2.01. The van der Waals surface area contributed by atoms with Crippen LogP contribution in [0.4, 0.5) is 14.9 Å². The zero-order valence-electron chi connectivity index (χ0n) is 13.3. The van der Waals surface area contributed by atoms with Crippen LogP contribution in [0.15, 0.2) is 48.5 Å². The number of nitrogens with one attached hydrogen (secondary N) is 2. The summed E-state index contributed by atoms with van der Waals surface area (Å²) in [6, 6.07) is 13.4. The van der Waals surface area contributed by atoms with Crippen LogP contribution in [-0.4, -0.2) is 19.2 Å². The molecule has 0 bridgehead atoms. The third-order valence-electron chi connectivity index (χ3n) is 3.33. The van der Waals surface area contributed by atoms with Gasteiger partial charge in [0.1, 0.15) is 18.2 Å². The highest BCUT2D eigenvalue weighted by Crippen LogP contribution is 2.18. The molecule has 0 atom stereocenters. The second-order valence-corrected chi connectivity index (χ2v) is 5.43. The molecule has 0 heterocycles. The fourth-order valence-electron chi connectivity index (χ4n) is 2.01. The molecule has 0 saturated heterocycles. The predicted octanol–water partition coefficient (Wildman–Crippen LogP) is 4.15. The van der Waals surface area contributed by atoms with Gasteiger partial charge in [0.25, 0.3) is 0 Å². The maximum atomic E-state index is 13.4. The van der Waals surface area contributed by atoms with Gasteiger partial charge in [-0.15, -0.1) is 0 Å². The first kappa shape index (κ1) is 16.8. The molecule has 0 aliphatic rings. The van der Waals surface area contributed by atoms with Gasteiger partial charge >= 0.3 is 6.03 Å². The standard InChI is InChI=1S/C18H21FN2O2/c1-13(2)14-7-9-15(10-8-14)23-12-11-20-18(22)21-17-6-4-3-5-16(17)19/h3-10,13H,11-12H2,1-2H3,(H2,20,21,22). The molecule has 2 rings (SSSR count). The molecule has 0 fully saturated rings. The van der Waals surface area contributed by atoms with E-state index in [0.717, 1.165) is 5.75 Å². The number of ether oxygens (including phenoxy) is 1. The maximum absolute atomic E-state index is 13.4. The van der Waals surface area contributed by atoms with E-state index in [4.69, 9.17) is 4.74 Å². The number of rotatable bonds is 6. The van der Waals surface area contributed by atoms with Crippen LogP contribution in [0.1, 0.15) is 25.3 Å². The van der Waals surface area contributed by atoms with Gasteiger partial charge in [-0.25, -0.2) is 9.18 Å². The van der Waals surface area contributed by atoms with Crippen molar-refractivity contribution in [1.82, 2.24) is 5.32 Å². The number of benzene rings is 2. The molecule has 2 aromatic carbocycles. The molecule has 0 aliphatic heterocycles. The highest BCUT2D eigenvalue weighted by atomic mass is 19.1. The number of halogens is 1. The molecule has 5 heteroatoms. The molecule has 0 aromatic heterocycles. The largest absolute Gasteiger partial charge is 0.492 e. The van der Waals surface area contributed by atoms with E-state index < -0.39 is 11.8 Å². The van der Waals surface area contributed by atoms with Crippen LogP contribution in [-0.2, 0) is 0 Å².